The van der Waals surface area contributed by atoms with Gasteiger partial charge in [-0.15, -0.1) is 0 Å². The molecule has 0 aromatic heterocycles. The van der Waals surface area contributed by atoms with Gasteiger partial charge in [0.2, 0.25) is 5.91 Å². The van der Waals surface area contributed by atoms with Crippen molar-refractivity contribution >= 4 is 17.7 Å². The molecule has 6 heteroatoms. The van der Waals surface area contributed by atoms with E-state index in [-0.39, 0.29) is 30.6 Å². The Morgan fingerprint density at radius 3 is 2.30 bits per heavy atom. The summed E-state index contributed by atoms with van der Waals surface area (Å²) in [5.41, 5.74) is 4.68. The molecule has 1 aliphatic heterocycles. The molecule has 2 atom stereocenters. The van der Waals surface area contributed by atoms with Crippen molar-refractivity contribution in [1.29, 1.82) is 0 Å². The van der Waals surface area contributed by atoms with Crippen molar-refractivity contribution in [2.45, 2.75) is 58.7 Å². The van der Waals surface area contributed by atoms with Crippen LogP contribution < -0.4 is 4.90 Å². The van der Waals surface area contributed by atoms with E-state index in [1.54, 1.807) is 11.8 Å². The van der Waals surface area contributed by atoms with E-state index in [9.17, 15) is 14.7 Å². The van der Waals surface area contributed by atoms with Crippen molar-refractivity contribution < 1.29 is 19.8 Å². The van der Waals surface area contributed by atoms with Crippen molar-refractivity contribution in [3.05, 3.63) is 53.6 Å². The SMILES string of the molecule is CC(=O)N1c2ccc(-c3ccc(CCO)cc3)cc2[C@H](N(C(=O)O)C(C)C)C[C@@H]1C. The maximum atomic E-state index is 12.3. The fourth-order valence-corrected chi connectivity index (χ4v) is 4.46. The molecule has 2 aromatic carbocycles. The van der Waals surface area contributed by atoms with Crippen molar-refractivity contribution in [2.75, 3.05) is 11.5 Å². The van der Waals surface area contributed by atoms with Gasteiger partial charge in [0.05, 0.1) is 6.04 Å². The number of rotatable bonds is 5. The van der Waals surface area contributed by atoms with Crippen molar-refractivity contribution in [3.63, 3.8) is 0 Å². The predicted octanol–water partition coefficient (Wildman–Crippen LogP) is 4.46. The predicted molar refractivity (Wildman–Crippen MR) is 118 cm³/mol. The Balaban J connectivity index is 2.11. The molecule has 6 nitrogen and oxygen atoms in total. The summed E-state index contributed by atoms with van der Waals surface area (Å²) < 4.78 is 0. The second-order valence-electron chi connectivity index (χ2n) is 8.22. The lowest BCUT2D eigenvalue weighted by molar-refractivity contribution is -0.117. The number of amides is 2. The van der Waals surface area contributed by atoms with Crippen molar-refractivity contribution in [2.24, 2.45) is 0 Å². The molecule has 2 aromatic rings. The molecule has 1 heterocycles. The molecule has 0 fully saturated rings. The molecule has 0 aliphatic carbocycles. The summed E-state index contributed by atoms with van der Waals surface area (Å²) in [4.78, 5) is 27.6. The van der Waals surface area contributed by atoms with Gasteiger partial charge >= 0.3 is 6.09 Å². The van der Waals surface area contributed by atoms with Crippen LogP contribution in [0.25, 0.3) is 11.1 Å². The third kappa shape index (κ3) is 4.19. The third-order valence-corrected chi connectivity index (χ3v) is 5.79. The van der Waals surface area contributed by atoms with E-state index < -0.39 is 6.09 Å². The fraction of sp³-hybridized carbons (Fsp3) is 0.417. The molecule has 0 bridgehead atoms. The standard InChI is InChI=1S/C24H30N2O4/c1-15(2)25(24(29)30)23-13-16(3)26(17(4)28)22-10-9-20(14-21(22)23)19-7-5-18(6-8-19)11-12-27/h5-10,14-16,23,27H,11-13H2,1-4H3,(H,29,30)/t16-,23+/m0/s1. The Kier molecular flexibility index (Phi) is 6.46. The molecule has 0 unspecified atom stereocenters. The zero-order chi connectivity index (χ0) is 22.0. The molecule has 0 saturated heterocycles. The van der Waals surface area contributed by atoms with Gasteiger partial charge in [0.15, 0.2) is 0 Å². The number of nitrogens with zero attached hydrogens (tertiary/aromatic N) is 2. The van der Waals surface area contributed by atoms with E-state index in [4.69, 9.17) is 5.11 Å². The van der Waals surface area contributed by atoms with E-state index in [1.165, 1.54) is 4.90 Å². The number of hydrogen-bond acceptors (Lipinski definition) is 3. The number of carboxylic acid groups (broad SMARTS) is 1. The van der Waals surface area contributed by atoms with Crippen LogP contribution in [0.5, 0.6) is 0 Å². The molecule has 0 spiro atoms. The van der Waals surface area contributed by atoms with Gasteiger partial charge in [-0.3, -0.25) is 9.69 Å². The zero-order valence-corrected chi connectivity index (χ0v) is 18.0. The molecule has 2 N–H and O–H groups in total. The molecule has 30 heavy (non-hydrogen) atoms. The minimum absolute atomic E-state index is 0.0465. The summed E-state index contributed by atoms with van der Waals surface area (Å²) >= 11 is 0. The van der Waals surface area contributed by atoms with Gasteiger partial charge in [-0.25, -0.2) is 4.79 Å². The van der Waals surface area contributed by atoms with Gasteiger partial charge < -0.3 is 15.1 Å². The molecule has 3 rings (SSSR count). The number of benzene rings is 2. The quantitative estimate of drug-likeness (QED) is 0.762. The Morgan fingerprint density at radius 2 is 1.77 bits per heavy atom. The van der Waals surface area contributed by atoms with Crippen LogP contribution in [0.1, 0.15) is 51.3 Å². The van der Waals surface area contributed by atoms with Gasteiger partial charge in [0.25, 0.3) is 0 Å². The van der Waals surface area contributed by atoms with Crippen LogP contribution in [0, 0.1) is 0 Å². The number of anilines is 1. The van der Waals surface area contributed by atoms with E-state index in [2.05, 4.69) is 0 Å². The molecular formula is C24H30N2O4. The van der Waals surface area contributed by atoms with Crippen LogP contribution in [0.15, 0.2) is 42.5 Å². The molecule has 0 saturated carbocycles. The second kappa shape index (κ2) is 8.88. The smallest absolute Gasteiger partial charge is 0.408 e. The van der Waals surface area contributed by atoms with Gasteiger partial charge in [0, 0.05) is 31.3 Å². The van der Waals surface area contributed by atoms with Gasteiger partial charge in [-0.2, -0.15) is 0 Å². The summed E-state index contributed by atoms with van der Waals surface area (Å²) in [5.74, 6) is -0.0465. The lowest BCUT2D eigenvalue weighted by Crippen LogP contribution is -2.48. The number of aliphatic hydroxyl groups excluding tert-OH is 1. The van der Waals surface area contributed by atoms with Crippen molar-refractivity contribution in [3.8, 4) is 11.1 Å². The molecule has 160 valence electrons. The average molecular weight is 411 g/mol. The fourth-order valence-electron chi connectivity index (χ4n) is 4.46. The van der Waals surface area contributed by atoms with E-state index >= 15 is 0 Å². The molecule has 0 radical (unpaired) electrons. The monoisotopic (exact) mass is 410 g/mol. The number of carbonyl (C=O) groups is 2. The first-order chi connectivity index (χ1) is 14.2. The highest BCUT2D eigenvalue weighted by Crippen LogP contribution is 2.43. The molecule has 1 aliphatic rings. The third-order valence-electron chi connectivity index (χ3n) is 5.79. The average Bonchev–Trinajstić information content (AvgIpc) is 2.67. The Hall–Kier alpha value is -2.86. The first kappa shape index (κ1) is 21.8. The second-order valence-corrected chi connectivity index (χ2v) is 8.22. The van der Waals surface area contributed by atoms with E-state index in [0.717, 1.165) is 27.9 Å². The number of hydrogen-bond donors (Lipinski definition) is 2. The van der Waals surface area contributed by atoms with Crippen LogP contribution in [0.2, 0.25) is 0 Å². The lowest BCUT2D eigenvalue weighted by atomic mass is 9.87. The van der Waals surface area contributed by atoms with Crippen LogP contribution in [-0.4, -0.2) is 45.8 Å². The summed E-state index contributed by atoms with van der Waals surface area (Å²) in [5, 5.41) is 19.0. The number of aliphatic hydroxyl groups is 1. The Labute approximate surface area is 177 Å². The summed E-state index contributed by atoms with van der Waals surface area (Å²) in [6.07, 6.45) is 0.207. The van der Waals surface area contributed by atoms with Crippen LogP contribution in [0.4, 0.5) is 10.5 Å². The van der Waals surface area contributed by atoms with E-state index in [1.807, 2.05) is 63.2 Å². The van der Waals surface area contributed by atoms with Gasteiger partial charge in [0.1, 0.15) is 0 Å². The Bertz CT molecular complexity index is 923. The highest BCUT2D eigenvalue weighted by atomic mass is 16.4. The maximum absolute atomic E-state index is 12.3. The summed E-state index contributed by atoms with van der Waals surface area (Å²) in [6, 6.07) is 13.3. The zero-order valence-electron chi connectivity index (χ0n) is 18.0. The first-order valence-electron chi connectivity index (χ1n) is 10.4. The molecular weight excluding hydrogens is 380 g/mol. The van der Waals surface area contributed by atoms with Gasteiger partial charge in [-0.1, -0.05) is 30.3 Å². The van der Waals surface area contributed by atoms with E-state index in [0.29, 0.717) is 12.8 Å². The van der Waals surface area contributed by atoms with Gasteiger partial charge in [-0.05, 0) is 68.0 Å². The minimum atomic E-state index is -0.955. The van der Waals surface area contributed by atoms with Crippen molar-refractivity contribution in [1.82, 2.24) is 4.90 Å². The number of fused-ring (bicyclic) bond motifs is 1. The summed E-state index contributed by atoms with van der Waals surface area (Å²) in [6.45, 7) is 7.37. The Morgan fingerprint density at radius 1 is 1.13 bits per heavy atom. The minimum Gasteiger partial charge on any atom is -0.465 e. The normalized spacial score (nSPS) is 18.3. The topological polar surface area (TPSA) is 81.1 Å². The maximum Gasteiger partial charge on any atom is 0.408 e. The van der Waals surface area contributed by atoms with Crippen LogP contribution >= 0.6 is 0 Å². The first-order valence-corrected chi connectivity index (χ1v) is 10.4. The van der Waals surface area contributed by atoms with Crippen LogP contribution in [-0.2, 0) is 11.2 Å². The molecule has 2 amide bonds. The number of carbonyl (C=O) groups excluding carboxylic acids is 1. The highest BCUT2D eigenvalue weighted by molar-refractivity contribution is 5.94. The summed E-state index contributed by atoms with van der Waals surface area (Å²) in [7, 11) is 0. The largest absolute Gasteiger partial charge is 0.465 e. The lowest BCUT2D eigenvalue weighted by Gasteiger charge is -2.43. The highest BCUT2D eigenvalue weighted by Gasteiger charge is 2.38. The van der Waals surface area contributed by atoms with Crippen LogP contribution in [0.3, 0.4) is 0 Å².